The number of hydrogen-bond acceptors (Lipinski definition) is 3. The second-order valence-corrected chi connectivity index (χ2v) is 10.6. The largest absolute Gasteiger partial charge is 0.495 e. The van der Waals surface area contributed by atoms with E-state index in [1.165, 1.54) is 38.4 Å². The molecule has 1 aliphatic rings. The standard InChI is InChI=1S/C24H28B6O3/c1-23(2)24(3,4)33-30(32-23)13-6-5-7-14-17(13)12-9-8-11(10-15(12)31-14)16-18(25)20(27)22(29)21(28)19(16)26/h5-10H,25-29H2,1-4H3. The van der Waals surface area contributed by atoms with Crippen molar-refractivity contribution in [1.29, 1.82) is 0 Å². The molecule has 1 saturated heterocycles. The van der Waals surface area contributed by atoms with Crippen molar-refractivity contribution in [3.63, 3.8) is 0 Å². The average molecular weight is 429 g/mol. The van der Waals surface area contributed by atoms with Gasteiger partial charge in [0.25, 0.3) is 0 Å². The van der Waals surface area contributed by atoms with Crippen LogP contribution in [0.1, 0.15) is 27.7 Å². The van der Waals surface area contributed by atoms with Crippen LogP contribution in [0, 0.1) is 0 Å². The number of hydrogen-bond donors (Lipinski definition) is 0. The van der Waals surface area contributed by atoms with E-state index in [9.17, 15) is 0 Å². The van der Waals surface area contributed by atoms with E-state index >= 15 is 0 Å². The molecule has 3 aromatic carbocycles. The highest BCUT2D eigenvalue weighted by atomic mass is 16.7. The summed E-state index contributed by atoms with van der Waals surface area (Å²) in [7, 11) is 10.7. The Morgan fingerprint density at radius 3 is 1.88 bits per heavy atom. The maximum atomic E-state index is 6.37. The van der Waals surface area contributed by atoms with Gasteiger partial charge in [0, 0.05) is 10.8 Å². The molecule has 0 saturated carbocycles. The van der Waals surface area contributed by atoms with E-state index in [1.54, 1.807) is 0 Å². The molecule has 0 bridgehead atoms. The zero-order chi connectivity index (χ0) is 23.9. The fourth-order valence-electron chi connectivity index (χ4n) is 5.11. The summed E-state index contributed by atoms with van der Waals surface area (Å²) in [5.41, 5.74) is 11.3. The van der Waals surface area contributed by atoms with Gasteiger partial charge >= 0.3 is 7.12 Å². The summed E-state index contributed by atoms with van der Waals surface area (Å²) < 4.78 is 19.1. The topological polar surface area (TPSA) is 31.6 Å². The van der Waals surface area contributed by atoms with Crippen LogP contribution >= 0.6 is 0 Å². The van der Waals surface area contributed by atoms with E-state index in [4.69, 9.17) is 13.7 Å². The summed E-state index contributed by atoms with van der Waals surface area (Å²) in [4.78, 5) is 0. The van der Waals surface area contributed by atoms with Crippen LogP contribution < -0.4 is 32.8 Å². The van der Waals surface area contributed by atoms with Crippen LogP contribution in [0.15, 0.2) is 40.8 Å². The molecule has 1 aliphatic heterocycles. The first-order chi connectivity index (χ1) is 15.4. The van der Waals surface area contributed by atoms with Crippen molar-refractivity contribution in [2.24, 2.45) is 0 Å². The van der Waals surface area contributed by atoms with Crippen molar-refractivity contribution in [2.75, 3.05) is 0 Å². The van der Waals surface area contributed by atoms with Crippen molar-refractivity contribution >= 4 is 101 Å². The molecule has 160 valence electrons. The second kappa shape index (κ2) is 7.38. The molecule has 33 heavy (non-hydrogen) atoms. The normalized spacial score (nSPS) is 17.3. The third kappa shape index (κ3) is 3.27. The fourth-order valence-corrected chi connectivity index (χ4v) is 5.11. The first kappa shape index (κ1) is 22.6. The highest BCUT2D eigenvalue weighted by Gasteiger charge is 2.52. The fraction of sp³-hybridized carbons (Fsp3) is 0.250. The summed E-state index contributed by atoms with van der Waals surface area (Å²) in [6.07, 6.45) is 0. The monoisotopic (exact) mass is 430 g/mol. The predicted molar refractivity (Wildman–Crippen MR) is 156 cm³/mol. The molecule has 0 spiro atoms. The van der Waals surface area contributed by atoms with Gasteiger partial charge in [-0.3, -0.25) is 0 Å². The number of furan rings is 1. The Hall–Kier alpha value is -2.23. The Kier molecular flexibility index (Phi) is 5.05. The van der Waals surface area contributed by atoms with Crippen LogP contribution in [0.5, 0.6) is 0 Å². The van der Waals surface area contributed by atoms with Crippen LogP contribution in [0.4, 0.5) is 0 Å². The Morgan fingerprint density at radius 2 is 1.27 bits per heavy atom. The van der Waals surface area contributed by atoms with Crippen LogP contribution in [-0.4, -0.2) is 57.6 Å². The molecule has 3 nitrogen and oxygen atoms in total. The smallest absolute Gasteiger partial charge is 0.456 e. The van der Waals surface area contributed by atoms with Crippen LogP contribution in [-0.2, 0) is 9.31 Å². The molecule has 0 atom stereocenters. The van der Waals surface area contributed by atoms with Gasteiger partial charge in [-0.05, 0) is 62.5 Å². The summed E-state index contributed by atoms with van der Waals surface area (Å²) in [5, 5.41) is 2.16. The predicted octanol–water partition coefficient (Wildman–Crippen LogP) is -3.16. The highest BCUT2D eigenvalue weighted by molar-refractivity contribution is 6.69. The summed E-state index contributed by atoms with van der Waals surface area (Å²) in [6, 6.07) is 12.7. The Balaban J connectivity index is 1.69. The van der Waals surface area contributed by atoms with Crippen molar-refractivity contribution < 1.29 is 13.7 Å². The molecule has 1 aromatic heterocycles. The van der Waals surface area contributed by atoms with E-state index in [0.29, 0.717) is 0 Å². The first-order valence-electron chi connectivity index (χ1n) is 11.8. The third-order valence-corrected chi connectivity index (χ3v) is 8.33. The summed E-state index contributed by atoms with van der Waals surface area (Å²) >= 11 is 0. The number of fused-ring (bicyclic) bond motifs is 3. The van der Waals surface area contributed by atoms with Gasteiger partial charge in [-0.15, -0.1) is 16.4 Å². The van der Waals surface area contributed by atoms with E-state index < -0.39 is 7.12 Å². The van der Waals surface area contributed by atoms with Crippen LogP contribution in [0.25, 0.3) is 33.1 Å². The van der Waals surface area contributed by atoms with E-state index in [1.807, 2.05) is 12.1 Å². The van der Waals surface area contributed by atoms with Crippen molar-refractivity contribution in [3.8, 4) is 11.1 Å². The Labute approximate surface area is 201 Å². The lowest BCUT2D eigenvalue weighted by Crippen LogP contribution is -2.55. The minimum atomic E-state index is -0.425. The quantitative estimate of drug-likeness (QED) is 0.316. The molecular weight excluding hydrogens is 401 g/mol. The number of rotatable bonds is 2. The van der Waals surface area contributed by atoms with Crippen molar-refractivity contribution in [2.45, 2.75) is 38.9 Å². The lowest BCUT2D eigenvalue weighted by atomic mass is 9.59. The molecule has 1 fully saturated rings. The summed E-state index contributed by atoms with van der Waals surface area (Å²) in [5.74, 6) is 0. The zero-order valence-corrected chi connectivity index (χ0v) is 21.3. The minimum absolute atomic E-state index is 0.386. The molecule has 5 rings (SSSR count). The van der Waals surface area contributed by atoms with Gasteiger partial charge in [0.05, 0.1) is 11.2 Å². The van der Waals surface area contributed by atoms with Gasteiger partial charge < -0.3 is 13.7 Å². The Bertz CT molecular complexity index is 1390. The van der Waals surface area contributed by atoms with Crippen molar-refractivity contribution in [3.05, 3.63) is 36.4 Å². The van der Waals surface area contributed by atoms with Gasteiger partial charge in [0.15, 0.2) is 0 Å². The van der Waals surface area contributed by atoms with Gasteiger partial charge in [0.1, 0.15) is 50.4 Å². The van der Waals surface area contributed by atoms with Gasteiger partial charge in [-0.25, -0.2) is 0 Å². The molecular formula is C24H28B6O3. The molecule has 0 unspecified atom stereocenters. The maximum Gasteiger partial charge on any atom is 0.495 e. The maximum absolute atomic E-state index is 6.37. The lowest BCUT2D eigenvalue weighted by molar-refractivity contribution is 0.00578. The molecule has 2 heterocycles. The van der Waals surface area contributed by atoms with E-state index in [2.05, 4.69) is 91.2 Å². The summed E-state index contributed by atoms with van der Waals surface area (Å²) in [6.45, 7) is 8.35. The minimum Gasteiger partial charge on any atom is -0.456 e. The van der Waals surface area contributed by atoms with Gasteiger partial charge in [0.2, 0.25) is 0 Å². The molecule has 0 N–H and O–H groups in total. The van der Waals surface area contributed by atoms with Gasteiger partial charge in [-0.2, -0.15) is 0 Å². The molecule has 9 heteroatoms. The Morgan fingerprint density at radius 1 is 0.697 bits per heavy atom. The van der Waals surface area contributed by atoms with E-state index in [0.717, 1.165) is 27.4 Å². The van der Waals surface area contributed by atoms with Crippen LogP contribution in [0.2, 0.25) is 0 Å². The van der Waals surface area contributed by atoms with Crippen molar-refractivity contribution in [1.82, 2.24) is 0 Å². The lowest BCUT2D eigenvalue weighted by Gasteiger charge is -2.32. The first-order valence-corrected chi connectivity index (χ1v) is 11.8. The SMILES string of the molecule is Bc1c(B)c(B)c(-c2ccc3c(c2)oc2cccc(B4OC(C)(C)C(C)(C)O4)c23)c(B)c1B. The number of benzene rings is 3. The molecule has 4 aromatic rings. The van der Waals surface area contributed by atoms with E-state index in [-0.39, 0.29) is 11.2 Å². The molecule has 0 amide bonds. The average Bonchev–Trinajstić information content (AvgIpc) is 3.23. The van der Waals surface area contributed by atoms with Gasteiger partial charge in [-0.1, -0.05) is 29.1 Å². The zero-order valence-electron chi connectivity index (χ0n) is 21.3. The second-order valence-electron chi connectivity index (χ2n) is 10.6. The molecule has 0 radical (unpaired) electrons. The highest BCUT2D eigenvalue weighted by Crippen LogP contribution is 2.38. The third-order valence-electron chi connectivity index (χ3n) is 8.33. The molecule has 0 aliphatic carbocycles. The van der Waals surface area contributed by atoms with Crippen LogP contribution in [0.3, 0.4) is 0 Å².